The summed E-state index contributed by atoms with van der Waals surface area (Å²) < 4.78 is 6.20. The predicted molar refractivity (Wildman–Crippen MR) is 109 cm³/mol. The van der Waals surface area contributed by atoms with Crippen molar-refractivity contribution in [2.75, 3.05) is 13.1 Å². The van der Waals surface area contributed by atoms with Gasteiger partial charge in [0.25, 0.3) is 5.91 Å². The van der Waals surface area contributed by atoms with Crippen LogP contribution in [0, 0.1) is 13.8 Å². The first-order chi connectivity index (χ1) is 13.0. The Labute approximate surface area is 164 Å². The number of halogens is 1. The van der Waals surface area contributed by atoms with E-state index in [-0.39, 0.29) is 12.0 Å². The van der Waals surface area contributed by atoms with Crippen LogP contribution in [-0.4, -0.2) is 35.0 Å². The number of aromatic nitrogens is 1. The minimum Gasteiger partial charge on any atom is -0.490 e. The Morgan fingerprint density at radius 2 is 1.89 bits per heavy atom. The topological polar surface area (TPSA) is 45.3 Å². The van der Waals surface area contributed by atoms with Crippen LogP contribution < -0.4 is 4.74 Å². The number of para-hydroxylation sites is 1. The van der Waals surface area contributed by atoms with E-state index in [2.05, 4.69) is 37.0 Å². The first-order valence-electron chi connectivity index (χ1n) is 9.32. The minimum absolute atomic E-state index is 0.0404. The highest BCUT2D eigenvalue weighted by Crippen LogP contribution is 2.29. The summed E-state index contributed by atoms with van der Waals surface area (Å²) in [6, 6.07) is 14.0. The average molecular weight is 383 g/mol. The molecule has 0 atom stereocenters. The van der Waals surface area contributed by atoms with E-state index < -0.39 is 0 Å². The van der Waals surface area contributed by atoms with Crippen LogP contribution in [0.4, 0.5) is 0 Å². The Hall–Kier alpha value is -2.46. The van der Waals surface area contributed by atoms with Crippen LogP contribution in [0.2, 0.25) is 5.02 Å². The van der Waals surface area contributed by atoms with Crippen molar-refractivity contribution in [2.24, 2.45) is 0 Å². The van der Waals surface area contributed by atoms with Gasteiger partial charge >= 0.3 is 0 Å². The molecule has 140 valence electrons. The van der Waals surface area contributed by atoms with Gasteiger partial charge in [-0.3, -0.25) is 4.79 Å². The summed E-state index contributed by atoms with van der Waals surface area (Å²) >= 11 is 6.44. The number of H-pyrrole nitrogens is 1. The third-order valence-electron chi connectivity index (χ3n) is 5.22. The second-order valence-electron chi connectivity index (χ2n) is 7.24. The average Bonchev–Trinajstić information content (AvgIpc) is 3.02. The number of hydrogen-bond acceptors (Lipinski definition) is 2. The number of piperidine rings is 1. The largest absolute Gasteiger partial charge is 0.490 e. The maximum atomic E-state index is 12.9. The molecule has 1 aliphatic heterocycles. The van der Waals surface area contributed by atoms with Crippen molar-refractivity contribution in [1.82, 2.24) is 9.88 Å². The van der Waals surface area contributed by atoms with E-state index in [1.54, 1.807) is 0 Å². The molecule has 1 aliphatic rings. The molecule has 1 amide bonds. The predicted octanol–water partition coefficient (Wildman–Crippen LogP) is 5.12. The molecule has 3 aromatic rings. The molecular weight excluding hydrogens is 360 g/mol. The number of nitrogens with one attached hydrogen (secondary N) is 1. The number of amides is 1. The number of nitrogens with zero attached hydrogens (tertiary/aromatic N) is 1. The lowest BCUT2D eigenvalue weighted by Crippen LogP contribution is -2.42. The van der Waals surface area contributed by atoms with Gasteiger partial charge in [0.2, 0.25) is 0 Å². The van der Waals surface area contributed by atoms with Crippen molar-refractivity contribution >= 4 is 28.4 Å². The smallest absolute Gasteiger partial charge is 0.271 e. The second kappa shape index (κ2) is 7.28. The number of benzene rings is 2. The molecule has 0 radical (unpaired) electrons. The highest BCUT2D eigenvalue weighted by atomic mass is 35.5. The van der Waals surface area contributed by atoms with E-state index in [1.165, 1.54) is 5.56 Å². The van der Waals surface area contributed by atoms with E-state index in [1.807, 2.05) is 29.2 Å². The van der Waals surface area contributed by atoms with Crippen molar-refractivity contribution in [2.45, 2.75) is 32.8 Å². The molecular formula is C22H23ClN2O2. The number of aromatic amines is 1. The lowest BCUT2D eigenvalue weighted by Gasteiger charge is -2.32. The van der Waals surface area contributed by atoms with Crippen LogP contribution in [0.1, 0.15) is 34.5 Å². The summed E-state index contributed by atoms with van der Waals surface area (Å²) in [6.45, 7) is 5.46. The lowest BCUT2D eigenvalue weighted by molar-refractivity contribution is 0.0590. The van der Waals surface area contributed by atoms with Crippen LogP contribution >= 0.6 is 11.6 Å². The third kappa shape index (κ3) is 3.54. The number of hydrogen-bond donors (Lipinski definition) is 1. The number of carbonyl (C=O) groups is 1. The van der Waals surface area contributed by atoms with Crippen molar-refractivity contribution in [1.29, 1.82) is 0 Å². The zero-order valence-electron chi connectivity index (χ0n) is 15.6. The molecule has 0 aliphatic carbocycles. The van der Waals surface area contributed by atoms with E-state index >= 15 is 0 Å². The van der Waals surface area contributed by atoms with Gasteiger partial charge in [-0.15, -0.1) is 0 Å². The second-order valence-corrected chi connectivity index (χ2v) is 7.62. The van der Waals surface area contributed by atoms with E-state index in [0.29, 0.717) is 23.8 Å². The van der Waals surface area contributed by atoms with Gasteiger partial charge in [-0.2, -0.15) is 0 Å². The molecule has 1 saturated heterocycles. The summed E-state index contributed by atoms with van der Waals surface area (Å²) in [5, 5.41) is 1.39. The van der Waals surface area contributed by atoms with Crippen molar-refractivity contribution in [3.63, 3.8) is 0 Å². The maximum absolute atomic E-state index is 12.9. The van der Waals surface area contributed by atoms with E-state index in [9.17, 15) is 4.79 Å². The molecule has 0 spiro atoms. The van der Waals surface area contributed by atoms with Gasteiger partial charge in [0.15, 0.2) is 0 Å². The number of aryl methyl sites for hydroxylation is 2. The van der Waals surface area contributed by atoms with Crippen LogP contribution in [0.5, 0.6) is 5.75 Å². The molecule has 4 nitrogen and oxygen atoms in total. The molecule has 0 unspecified atom stereocenters. The molecule has 1 N–H and O–H groups in total. The fourth-order valence-corrected chi connectivity index (χ4v) is 3.90. The molecule has 2 heterocycles. The van der Waals surface area contributed by atoms with Gasteiger partial charge in [0.05, 0.1) is 5.02 Å². The first-order valence-corrected chi connectivity index (χ1v) is 9.70. The Morgan fingerprint density at radius 1 is 1.15 bits per heavy atom. The van der Waals surface area contributed by atoms with Gasteiger partial charge in [-0.25, -0.2) is 0 Å². The zero-order chi connectivity index (χ0) is 19.0. The number of likely N-dealkylation sites (tertiary alicyclic amines) is 1. The van der Waals surface area contributed by atoms with E-state index in [0.717, 1.165) is 35.1 Å². The Balaban J connectivity index is 1.43. The normalized spacial score (nSPS) is 15.3. The highest BCUT2D eigenvalue weighted by Gasteiger charge is 2.27. The lowest BCUT2D eigenvalue weighted by atomic mass is 10.1. The SMILES string of the molecule is Cc1ccc(C)c(OC2CCN(C(=O)c3[nH]c4ccccc4c3Cl)CC2)c1. The molecule has 2 aromatic carbocycles. The Morgan fingerprint density at radius 3 is 2.63 bits per heavy atom. The first kappa shape index (κ1) is 17.9. The Bertz CT molecular complexity index is 987. The molecule has 1 aromatic heterocycles. The molecule has 1 fully saturated rings. The van der Waals surface area contributed by atoms with Crippen LogP contribution in [0.3, 0.4) is 0 Å². The van der Waals surface area contributed by atoms with Crippen molar-refractivity contribution in [3.05, 3.63) is 64.3 Å². The zero-order valence-corrected chi connectivity index (χ0v) is 16.3. The number of fused-ring (bicyclic) bond motifs is 1. The molecule has 4 rings (SSSR count). The van der Waals surface area contributed by atoms with Crippen LogP contribution in [-0.2, 0) is 0 Å². The monoisotopic (exact) mass is 382 g/mol. The Kier molecular flexibility index (Phi) is 4.83. The third-order valence-corrected chi connectivity index (χ3v) is 5.62. The molecule has 0 saturated carbocycles. The minimum atomic E-state index is -0.0404. The fourth-order valence-electron chi connectivity index (χ4n) is 3.60. The highest BCUT2D eigenvalue weighted by molar-refractivity contribution is 6.38. The number of carbonyl (C=O) groups excluding carboxylic acids is 1. The quantitative estimate of drug-likeness (QED) is 0.683. The summed E-state index contributed by atoms with van der Waals surface area (Å²) in [4.78, 5) is 18.0. The van der Waals surface area contributed by atoms with Gasteiger partial charge in [-0.05, 0) is 37.1 Å². The molecule has 5 heteroatoms. The van der Waals surface area contributed by atoms with Gasteiger partial charge < -0.3 is 14.6 Å². The van der Waals surface area contributed by atoms with Gasteiger partial charge in [-0.1, -0.05) is 41.9 Å². The fraction of sp³-hybridized carbons (Fsp3) is 0.318. The molecule has 27 heavy (non-hydrogen) atoms. The van der Waals surface area contributed by atoms with Crippen LogP contribution in [0.25, 0.3) is 10.9 Å². The van der Waals surface area contributed by atoms with E-state index in [4.69, 9.17) is 16.3 Å². The standard InChI is InChI=1S/C22H23ClN2O2/c1-14-7-8-15(2)19(13-14)27-16-9-11-25(12-10-16)22(26)21-20(23)17-5-3-4-6-18(17)24-21/h3-8,13,16,24H,9-12H2,1-2H3. The maximum Gasteiger partial charge on any atom is 0.271 e. The number of ether oxygens (including phenoxy) is 1. The number of rotatable bonds is 3. The molecule has 0 bridgehead atoms. The summed E-state index contributed by atoms with van der Waals surface area (Å²) in [7, 11) is 0. The summed E-state index contributed by atoms with van der Waals surface area (Å²) in [5.74, 6) is 0.903. The van der Waals surface area contributed by atoms with Gasteiger partial charge in [0, 0.05) is 36.8 Å². The summed E-state index contributed by atoms with van der Waals surface area (Å²) in [5.41, 5.74) is 3.70. The van der Waals surface area contributed by atoms with Crippen molar-refractivity contribution < 1.29 is 9.53 Å². The van der Waals surface area contributed by atoms with Gasteiger partial charge in [0.1, 0.15) is 17.5 Å². The summed E-state index contributed by atoms with van der Waals surface area (Å²) in [6.07, 6.45) is 1.77. The van der Waals surface area contributed by atoms with Crippen molar-refractivity contribution in [3.8, 4) is 5.75 Å². The van der Waals surface area contributed by atoms with Crippen LogP contribution in [0.15, 0.2) is 42.5 Å².